The van der Waals surface area contributed by atoms with Crippen molar-refractivity contribution in [1.29, 1.82) is 0 Å². The van der Waals surface area contributed by atoms with Gasteiger partial charge in [-0.25, -0.2) is 0 Å². The predicted octanol–water partition coefficient (Wildman–Crippen LogP) is 2.81. The summed E-state index contributed by atoms with van der Waals surface area (Å²) >= 11 is 0. The third-order valence-electron chi connectivity index (χ3n) is 3.32. The fourth-order valence-electron chi connectivity index (χ4n) is 1.76. The fourth-order valence-corrected chi connectivity index (χ4v) is 1.76. The molecule has 0 fully saturated rings. The summed E-state index contributed by atoms with van der Waals surface area (Å²) in [5.41, 5.74) is 2.69. The molecule has 1 N–H and O–H groups in total. The van der Waals surface area contributed by atoms with Crippen LogP contribution in [0.4, 0.5) is 0 Å². The number of hydrogen-bond donors (Lipinski definition) is 1. The van der Waals surface area contributed by atoms with Gasteiger partial charge in [0.2, 0.25) is 0 Å². The van der Waals surface area contributed by atoms with Crippen LogP contribution < -0.4 is 5.32 Å². The van der Waals surface area contributed by atoms with Crippen LogP contribution >= 0.6 is 0 Å². The standard InChI is InChI=1S/C13H25N3/c1-9(14-11(3)13(4,5)6)12-8-16(7)15-10(12)2/h8-9,11,14H,1-7H3. The van der Waals surface area contributed by atoms with Crippen molar-refractivity contribution < 1.29 is 0 Å². The van der Waals surface area contributed by atoms with E-state index in [0.717, 1.165) is 5.69 Å². The minimum absolute atomic E-state index is 0.282. The third-order valence-corrected chi connectivity index (χ3v) is 3.32. The van der Waals surface area contributed by atoms with Gasteiger partial charge >= 0.3 is 0 Å². The summed E-state index contributed by atoms with van der Waals surface area (Å²) in [6.07, 6.45) is 2.10. The summed E-state index contributed by atoms with van der Waals surface area (Å²) in [7, 11) is 1.97. The maximum Gasteiger partial charge on any atom is 0.0641 e. The van der Waals surface area contributed by atoms with Gasteiger partial charge in [-0.05, 0) is 26.2 Å². The molecule has 0 aliphatic rings. The lowest BCUT2D eigenvalue weighted by Gasteiger charge is -2.31. The fraction of sp³-hybridized carbons (Fsp3) is 0.769. The zero-order chi connectivity index (χ0) is 12.5. The number of rotatable bonds is 3. The molecule has 0 radical (unpaired) electrons. The molecular weight excluding hydrogens is 198 g/mol. The molecule has 0 amide bonds. The van der Waals surface area contributed by atoms with Gasteiger partial charge in [0.05, 0.1) is 5.69 Å². The maximum atomic E-state index is 4.38. The van der Waals surface area contributed by atoms with E-state index in [9.17, 15) is 0 Å². The van der Waals surface area contributed by atoms with E-state index in [2.05, 4.69) is 58.2 Å². The van der Waals surface area contributed by atoms with Gasteiger partial charge in [-0.15, -0.1) is 0 Å². The first kappa shape index (κ1) is 13.2. The van der Waals surface area contributed by atoms with Gasteiger partial charge in [-0.3, -0.25) is 4.68 Å². The maximum absolute atomic E-state index is 4.38. The summed E-state index contributed by atoms with van der Waals surface area (Å²) in [6.45, 7) is 13.3. The lowest BCUT2D eigenvalue weighted by Crippen LogP contribution is -2.39. The zero-order valence-electron chi connectivity index (χ0n) is 11.6. The lowest BCUT2D eigenvalue weighted by atomic mass is 9.87. The molecular formula is C13H25N3. The Morgan fingerprint density at radius 2 is 1.88 bits per heavy atom. The number of nitrogens with zero attached hydrogens (tertiary/aromatic N) is 2. The Morgan fingerprint density at radius 1 is 1.31 bits per heavy atom. The first-order chi connectivity index (χ1) is 7.21. The SMILES string of the molecule is Cc1nn(C)cc1C(C)NC(C)C(C)(C)C. The molecule has 92 valence electrons. The molecule has 1 aromatic rings. The highest BCUT2D eigenvalue weighted by molar-refractivity contribution is 5.19. The topological polar surface area (TPSA) is 29.9 Å². The molecule has 0 bridgehead atoms. The van der Waals surface area contributed by atoms with E-state index in [-0.39, 0.29) is 5.41 Å². The minimum Gasteiger partial charge on any atom is -0.307 e. The molecule has 16 heavy (non-hydrogen) atoms. The molecule has 2 unspecified atom stereocenters. The molecule has 0 saturated carbocycles. The highest BCUT2D eigenvalue weighted by Crippen LogP contribution is 2.23. The molecule has 1 heterocycles. The first-order valence-corrected chi connectivity index (χ1v) is 5.98. The second-order valence-corrected chi connectivity index (χ2v) is 5.82. The van der Waals surface area contributed by atoms with Crippen molar-refractivity contribution in [3.8, 4) is 0 Å². The number of aryl methyl sites for hydroxylation is 2. The Bertz CT molecular complexity index is 347. The summed E-state index contributed by atoms with van der Waals surface area (Å²) in [6, 6.07) is 0.824. The Labute approximate surface area is 99.2 Å². The summed E-state index contributed by atoms with van der Waals surface area (Å²) in [5, 5.41) is 8.02. The van der Waals surface area contributed by atoms with Crippen LogP contribution in [0.3, 0.4) is 0 Å². The van der Waals surface area contributed by atoms with Crippen LogP contribution in [0.1, 0.15) is 51.9 Å². The van der Waals surface area contributed by atoms with Gasteiger partial charge < -0.3 is 5.32 Å². The molecule has 0 saturated heterocycles. The van der Waals surface area contributed by atoms with Crippen LogP contribution in [0.5, 0.6) is 0 Å². The van der Waals surface area contributed by atoms with Crippen molar-refractivity contribution >= 4 is 0 Å². The minimum atomic E-state index is 0.282. The van der Waals surface area contributed by atoms with Gasteiger partial charge in [-0.1, -0.05) is 20.8 Å². The van der Waals surface area contributed by atoms with Crippen molar-refractivity contribution in [1.82, 2.24) is 15.1 Å². The second kappa shape index (κ2) is 4.58. The summed E-state index contributed by atoms with van der Waals surface area (Å²) in [4.78, 5) is 0. The van der Waals surface area contributed by atoms with Crippen LogP contribution in [0.2, 0.25) is 0 Å². The summed E-state index contributed by atoms with van der Waals surface area (Å²) < 4.78 is 1.88. The average molecular weight is 223 g/mol. The molecule has 0 aromatic carbocycles. The van der Waals surface area contributed by atoms with Crippen molar-refractivity contribution in [2.45, 2.75) is 53.6 Å². The van der Waals surface area contributed by atoms with E-state index >= 15 is 0 Å². The monoisotopic (exact) mass is 223 g/mol. The molecule has 3 heteroatoms. The Kier molecular flexibility index (Phi) is 3.79. The van der Waals surface area contributed by atoms with Gasteiger partial charge in [0.15, 0.2) is 0 Å². The number of hydrogen-bond acceptors (Lipinski definition) is 2. The highest BCUT2D eigenvalue weighted by Gasteiger charge is 2.22. The van der Waals surface area contributed by atoms with Crippen LogP contribution in [0.15, 0.2) is 6.20 Å². The van der Waals surface area contributed by atoms with Crippen molar-refractivity contribution in [2.24, 2.45) is 12.5 Å². The Morgan fingerprint density at radius 3 is 2.25 bits per heavy atom. The number of aromatic nitrogens is 2. The zero-order valence-corrected chi connectivity index (χ0v) is 11.6. The van der Waals surface area contributed by atoms with Gasteiger partial charge in [0.1, 0.15) is 0 Å². The Balaban J connectivity index is 2.73. The van der Waals surface area contributed by atoms with Crippen LogP contribution in [0, 0.1) is 12.3 Å². The molecule has 1 aromatic heterocycles. The molecule has 3 nitrogen and oxygen atoms in total. The molecule has 1 rings (SSSR count). The van der Waals surface area contributed by atoms with Gasteiger partial charge in [-0.2, -0.15) is 5.10 Å². The predicted molar refractivity (Wildman–Crippen MR) is 68.4 cm³/mol. The quantitative estimate of drug-likeness (QED) is 0.854. The van der Waals surface area contributed by atoms with E-state index < -0.39 is 0 Å². The van der Waals surface area contributed by atoms with Gasteiger partial charge in [0, 0.05) is 30.9 Å². The molecule has 0 aliphatic carbocycles. The normalized spacial score (nSPS) is 16.2. The van der Waals surface area contributed by atoms with Crippen molar-refractivity contribution in [3.05, 3.63) is 17.5 Å². The van der Waals surface area contributed by atoms with Crippen LogP contribution in [-0.4, -0.2) is 15.8 Å². The molecule has 0 aliphatic heterocycles. The smallest absolute Gasteiger partial charge is 0.0641 e. The van der Waals surface area contributed by atoms with Gasteiger partial charge in [0.25, 0.3) is 0 Å². The van der Waals surface area contributed by atoms with Crippen LogP contribution in [0.25, 0.3) is 0 Å². The highest BCUT2D eigenvalue weighted by atomic mass is 15.3. The van der Waals surface area contributed by atoms with Crippen LogP contribution in [-0.2, 0) is 7.05 Å². The molecule has 0 spiro atoms. The van der Waals surface area contributed by atoms with E-state index in [0.29, 0.717) is 12.1 Å². The van der Waals surface area contributed by atoms with Crippen molar-refractivity contribution in [3.63, 3.8) is 0 Å². The molecule has 2 atom stereocenters. The summed E-state index contributed by atoms with van der Waals surface area (Å²) in [5.74, 6) is 0. The van der Waals surface area contributed by atoms with E-state index in [1.807, 2.05) is 11.7 Å². The largest absolute Gasteiger partial charge is 0.307 e. The number of nitrogens with one attached hydrogen (secondary N) is 1. The van der Waals surface area contributed by atoms with Crippen molar-refractivity contribution in [2.75, 3.05) is 0 Å². The Hall–Kier alpha value is -0.830. The third kappa shape index (κ3) is 3.08. The first-order valence-electron chi connectivity index (χ1n) is 5.98. The van der Waals surface area contributed by atoms with E-state index in [4.69, 9.17) is 0 Å². The second-order valence-electron chi connectivity index (χ2n) is 5.82. The average Bonchev–Trinajstić information content (AvgIpc) is 2.43. The van der Waals surface area contributed by atoms with E-state index in [1.165, 1.54) is 5.56 Å². The van der Waals surface area contributed by atoms with E-state index in [1.54, 1.807) is 0 Å². The lowest BCUT2D eigenvalue weighted by molar-refractivity contribution is 0.268.